The number of esters is 1. The smallest absolute Gasteiger partial charge is 0.320 e. The van der Waals surface area contributed by atoms with Gasteiger partial charge in [-0.3, -0.25) is 19.7 Å². The number of carbonyl (C=O) groups excluding carboxylic acids is 3. The Morgan fingerprint density at radius 3 is 2.53 bits per heavy atom. The van der Waals surface area contributed by atoms with Crippen molar-refractivity contribution in [2.45, 2.75) is 88.9 Å². The van der Waals surface area contributed by atoms with Gasteiger partial charge in [-0.1, -0.05) is 43.0 Å². The maximum Gasteiger partial charge on any atom is 0.320 e. The lowest BCUT2D eigenvalue weighted by atomic mass is 9.83. The summed E-state index contributed by atoms with van der Waals surface area (Å²) in [5, 5.41) is 18.0. The van der Waals surface area contributed by atoms with Crippen LogP contribution in [0, 0.1) is 5.92 Å². The van der Waals surface area contributed by atoms with Crippen molar-refractivity contribution >= 4 is 35.0 Å². The van der Waals surface area contributed by atoms with Crippen molar-refractivity contribution in [3.8, 4) is 0 Å². The topological polar surface area (TPSA) is 146 Å². The lowest BCUT2D eigenvalue weighted by Crippen LogP contribution is -2.56. The summed E-state index contributed by atoms with van der Waals surface area (Å²) in [7, 11) is 0. The molecule has 1 aliphatic heterocycles. The molecule has 2 fully saturated rings. The second-order valence-corrected chi connectivity index (χ2v) is 11.5. The van der Waals surface area contributed by atoms with Gasteiger partial charge in [0.1, 0.15) is 12.1 Å². The van der Waals surface area contributed by atoms with Crippen LogP contribution in [0.5, 0.6) is 0 Å². The Bertz CT molecular complexity index is 1030. The minimum Gasteiger partial charge on any atom is -0.461 e. The number of ether oxygens (including phenoxy) is 1. The van der Waals surface area contributed by atoms with Crippen molar-refractivity contribution < 1.29 is 24.3 Å². The molecule has 0 spiro atoms. The number of nitrogens with zero attached hydrogens (tertiary/aromatic N) is 2. The van der Waals surface area contributed by atoms with Gasteiger partial charge in [0.2, 0.25) is 11.8 Å². The minimum atomic E-state index is -0.715. The molecule has 3 aliphatic rings. The first kappa shape index (κ1) is 28.1. The van der Waals surface area contributed by atoms with Gasteiger partial charge in [0.15, 0.2) is 5.84 Å². The number of amidine groups is 1. The summed E-state index contributed by atoms with van der Waals surface area (Å²) in [6.07, 6.45) is 13.8. The predicted octanol–water partition coefficient (Wildman–Crippen LogP) is 2.64. The maximum atomic E-state index is 13.8. The number of oxime groups is 1. The molecule has 2 aliphatic carbocycles. The molecule has 11 heteroatoms. The van der Waals surface area contributed by atoms with E-state index in [-0.39, 0.29) is 48.7 Å². The molecule has 10 nitrogen and oxygen atoms in total. The predicted molar refractivity (Wildman–Crippen MR) is 145 cm³/mol. The van der Waals surface area contributed by atoms with E-state index >= 15 is 0 Å². The highest BCUT2D eigenvalue weighted by Gasteiger charge is 2.38. The summed E-state index contributed by atoms with van der Waals surface area (Å²) in [4.78, 5) is 42.5. The van der Waals surface area contributed by atoms with E-state index in [9.17, 15) is 14.4 Å². The largest absolute Gasteiger partial charge is 0.461 e. The van der Waals surface area contributed by atoms with E-state index in [1.807, 2.05) is 6.08 Å². The van der Waals surface area contributed by atoms with Crippen LogP contribution in [0.1, 0.15) is 74.0 Å². The fourth-order valence-corrected chi connectivity index (χ4v) is 6.47. The standard InChI is InChI=1S/C27H39N5O5S/c28-25(31-36)22-14-13-20(38-22)16-30-26(34)21-12-7-15-32(21)27(35)24(18-8-3-1-4-9-18)29-17-23(33)37-19-10-5-2-6-11-19/h7,12-14,18-19,21,24,29,36H,1-6,8-11,15-17H2,(H2,28,31)(H,30,34)/t21?,24-/m0/s1. The Morgan fingerprint density at radius 2 is 1.82 bits per heavy atom. The first-order valence-corrected chi connectivity index (χ1v) is 14.5. The van der Waals surface area contributed by atoms with Gasteiger partial charge in [-0.05, 0) is 56.6 Å². The van der Waals surface area contributed by atoms with E-state index in [0.29, 0.717) is 11.4 Å². The maximum absolute atomic E-state index is 13.8. The third kappa shape index (κ3) is 7.35. The van der Waals surface area contributed by atoms with Crippen molar-refractivity contribution in [1.29, 1.82) is 0 Å². The summed E-state index contributed by atoms with van der Waals surface area (Å²) < 4.78 is 5.66. The van der Waals surface area contributed by atoms with Crippen LogP contribution in [-0.4, -0.2) is 65.0 Å². The van der Waals surface area contributed by atoms with Crippen LogP contribution < -0.4 is 16.4 Å². The molecule has 2 atom stereocenters. The summed E-state index contributed by atoms with van der Waals surface area (Å²) in [6.45, 7) is 0.607. The summed E-state index contributed by atoms with van der Waals surface area (Å²) in [6, 6.07) is 2.28. The van der Waals surface area contributed by atoms with Gasteiger partial charge in [-0.2, -0.15) is 0 Å². The first-order valence-electron chi connectivity index (χ1n) is 13.7. The van der Waals surface area contributed by atoms with Gasteiger partial charge in [0.05, 0.1) is 24.0 Å². The van der Waals surface area contributed by atoms with E-state index in [1.165, 1.54) is 17.8 Å². The Balaban J connectivity index is 1.36. The number of nitrogens with two attached hydrogens (primary N) is 1. The van der Waals surface area contributed by atoms with Crippen molar-refractivity contribution in [2.24, 2.45) is 16.8 Å². The van der Waals surface area contributed by atoms with Gasteiger partial charge in [0.25, 0.3) is 0 Å². The van der Waals surface area contributed by atoms with Crippen LogP contribution in [0.2, 0.25) is 0 Å². The molecule has 0 radical (unpaired) electrons. The number of hydrogen-bond donors (Lipinski definition) is 4. The number of amides is 2. The highest BCUT2D eigenvalue weighted by Crippen LogP contribution is 2.29. The quantitative estimate of drug-likeness (QED) is 0.0883. The van der Waals surface area contributed by atoms with Crippen LogP contribution in [-0.2, 0) is 25.7 Å². The van der Waals surface area contributed by atoms with E-state index in [4.69, 9.17) is 15.7 Å². The zero-order valence-electron chi connectivity index (χ0n) is 21.8. The average Bonchev–Trinajstić information content (AvgIpc) is 3.63. The summed E-state index contributed by atoms with van der Waals surface area (Å²) in [5.74, 6) is -0.609. The Kier molecular flexibility index (Phi) is 10.2. The summed E-state index contributed by atoms with van der Waals surface area (Å²) >= 11 is 1.32. The second-order valence-electron chi connectivity index (χ2n) is 10.3. The molecule has 4 rings (SSSR count). The van der Waals surface area contributed by atoms with Crippen molar-refractivity contribution in [1.82, 2.24) is 15.5 Å². The lowest BCUT2D eigenvalue weighted by molar-refractivity contribution is -0.150. The molecule has 5 N–H and O–H groups in total. The molecular weight excluding hydrogens is 506 g/mol. The Labute approximate surface area is 227 Å². The van der Waals surface area contributed by atoms with Crippen LogP contribution in [0.4, 0.5) is 0 Å². The molecule has 208 valence electrons. The van der Waals surface area contributed by atoms with Gasteiger partial charge in [0, 0.05) is 11.4 Å². The Morgan fingerprint density at radius 1 is 1.11 bits per heavy atom. The summed E-state index contributed by atoms with van der Waals surface area (Å²) in [5.41, 5.74) is 5.63. The van der Waals surface area contributed by atoms with Crippen LogP contribution in [0.15, 0.2) is 29.4 Å². The second kappa shape index (κ2) is 13.7. The highest BCUT2D eigenvalue weighted by molar-refractivity contribution is 7.14. The van der Waals surface area contributed by atoms with Crippen molar-refractivity contribution in [2.75, 3.05) is 13.1 Å². The molecule has 1 unspecified atom stereocenters. The van der Waals surface area contributed by atoms with Crippen LogP contribution in [0.3, 0.4) is 0 Å². The van der Waals surface area contributed by atoms with Crippen LogP contribution >= 0.6 is 11.3 Å². The minimum absolute atomic E-state index is 0.0114. The van der Waals surface area contributed by atoms with Crippen molar-refractivity contribution in [3.63, 3.8) is 0 Å². The monoisotopic (exact) mass is 545 g/mol. The SMILES string of the molecule is N/C(=N\O)c1ccc(CNC(=O)C2C=CCN2C(=O)[C@@H](NCC(=O)OC2CCCCC2)C2CCCCC2)s1. The third-order valence-corrected chi connectivity index (χ3v) is 8.78. The molecule has 2 heterocycles. The molecule has 0 bridgehead atoms. The molecule has 1 aromatic heterocycles. The zero-order valence-corrected chi connectivity index (χ0v) is 22.6. The van der Waals surface area contributed by atoms with Gasteiger partial charge >= 0.3 is 5.97 Å². The fraction of sp³-hybridized carbons (Fsp3) is 0.630. The van der Waals surface area contributed by atoms with Gasteiger partial charge in [-0.15, -0.1) is 11.3 Å². The first-order chi connectivity index (χ1) is 18.5. The number of thiophene rings is 1. The number of rotatable bonds is 10. The van der Waals surface area contributed by atoms with Crippen LogP contribution in [0.25, 0.3) is 0 Å². The van der Waals surface area contributed by atoms with Crippen molar-refractivity contribution in [3.05, 3.63) is 34.0 Å². The van der Waals surface area contributed by atoms with E-state index in [1.54, 1.807) is 23.1 Å². The lowest BCUT2D eigenvalue weighted by Gasteiger charge is -2.34. The van der Waals surface area contributed by atoms with Gasteiger partial charge in [-0.25, -0.2) is 0 Å². The fourth-order valence-electron chi connectivity index (χ4n) is 5.62. The molecule has 2 amide bonds. The molecule has 0 saturated heterocycles. The zero-order chi connectivity index (χ0) is 26.9. The van der Waals surface area contributed by atoms with E-state index < -0.39 is 12.1 Å². The third-order valence-electron chi connectivity index (χ3n) is 7.67. The molecular formula is C27H39N5O5S. The number of carbonyl (C=O) groups is 3. The van der Waals surface area contributed by atoms with Gasteiger partial charge < -0.3 is 25.9 Å². The molecule has 2 saturated carbocycles. The normalized spacial score (nSPS) is 21.8. The number of nitrogens with one attached hydrogen (secondary N) is 2. The highest BCUT2D eigenvalue weighted by atomic mass is 32.1. The Hall–Kier alpha value is -2.92. The molecule has 38 heavy (non-hydrogen) atoms. The molecule has 0 aromatic carbocycles. The molecule has 1 aromatic rings. The van der Waals surface area contributed by atoms with E-state index in [0.717, 1.165) is 62.7 Å². The number of hydrogen-bond acceptors (Lipinski definition) is 8. The van der Waals surface area contributed by atoms with E-state index in [2.05, 4.69) is 15.8 Å². The average molecular weight is 546 g/mol.